The normalized spacial score (nSPS) is 10.6. The van der Waals surface area contributed by atoms with Crippen LogP contribution in [0.3, 0.4) is 0 Å². The van der Waals surface area contributed by atoms with Crippen molar-refractivity contribution in [3.8, 4) is 5.75 Å². The number of rotatable bonds is 6. The molecule has 0 atom stereocenters. The van der Waals surface area contributed by atoms with E-state index in [2.05, 4.69) is 13.8 Å². The number of ether oxygens (including phenoxy) is 1. The highest BCUT2D eigenvalue weighted by atomic mass is 35.5. The van der Waals surface area contributed by atoms with Gasteiger partial charge in [0.15, 0.2) is 5.78 Å². The molecule has 2 nitrogen and oxygen atoms in total. The van der Waals surface area contributed by atoms with Crippen molar-refractivity contribution in [3.63, 3.8) is 0 Å². The van der Waals surface area contributed by atoms with Gasteiger partial charge in [-0.15, -0.1) is 11.6 Å². The van der Waals surface area contributed by atoms with Crippen LogP contribution in [0.4, 0.5) is 0 Å². The fourth-order valence-electron chi connectivity index (χ4n) is 1.46. The van der Waals surface area contributed by atoms with E-state index >= 15 is 0 Å². The fourth-order valence-corrected chi connectivity index (χ4v) is 1.64. The van der Waals surface area contributed by atoms with Crippen molar-refractivity contribution in [2.24, 2.45) is 5.92 Å². The molecule has 0 aliphatic heterocycles. The number of Topliss-reactive ketones (excluding diaryl/α,β-unsaturated/α-hetero) is 1. The Hall–Kier alpha value is -1.02. The Balaban J connectivity index is 2.91. The minimum absolute atomic E-state index is 0.0439. The number of carbonyl (C=O) groups excluding carboxylic acids is 1. The maximum atomic E-state index is 11.9. The number of benzene rings is 1. The van der Waals surface area contributed by atoms with Crippen molar-refractivity contribution in [1.82, 2.24) is 0 Å². The summed E-state index contributed by atoms with van der Waals surface area (Å²) in [7, 11) is 0. The number of aryl methyl sites for hydroxylation is 1. The summed E-state index contributed by atoms with van der Waals surface area (Å²) in [6, 6.07) is 5.68. The SMILES string of the molecule is Cc1ccc(OCC(C)C)c(C(=O)CCCl)c1. The van der Waals surface area contributed by atoms with Gasteiger partial charge in [-0.05, 0) is 25.0 Å². The molecular formula is C14H19ClO2. The Kier molecular flexibility index (Phi) is 5.49. The maximum absolute atomic E-state index is 11.9. The highest BCUT2D eigenvalue weighted by molar-refractivity contribution is 6.19. The molecule has 0 saturated heterocycles. The van der Waals surface area contributed by atoms with Gasteiger partial charge in [-0.2, -0.15) is 0 Å². The van der Waals surface area contributed by atoms with Gasteiger partial charge in [0.2, 0.25) is 0 Å². The van der Waals surface area contributed by atoms with E-state index in [0.717, 1.165) is 5.56 Å². The zero-order chi connectivity index (χ0) is 12.8. The van der Waals surface area contributed by atoms with E-state index in [0.29, 0.717) is 36.1 Å². The minimum Gasteiger partial charge on any atom is -0.493 e. The van der Waals surface area contributed by atoms with Crippen molar-refractivity contribution in [2.75, 3.05) is 12.5 Å². The van der Waals surface area contributed by atoms with Gasteiger partial charge in [0.25, 0.3) is 0 Å². The van der Waals surface area contributed by atoms with E-state index in [9.17, 15) is 4.79 Å². The topological polar surface area (TPSA) is 26.3 Å². The first-order chi connectivity index (χ1) is 8.04. The summed E-state index contributed by atoms with van der Waals surface area (Å²) >= 11 is 5.60. The van der Waals surface area contributed by atoms with Crippen LogP contribution < -0.4 is 4.74 Å². The molecule has 0 amide bonds. The highest BCUT2D eigenvalue weighted by Gasteiger charge is 2.12. The van der Waals surface area contributed by atoms with Crippen LogP contribution in [0.25, 0.3) is 0 Å². The Morgan fingerprint density at radius 1 is 1.41 bits per heavy atom. The van der Waals surface area contributed by atoms with Crippen LogP contribution in [0.2, 0.25) is 0 Å². The molecule has 1 aromatic rings. The summed E-state index contributed by atoms with van der Waals surface area (Å²) in [6.07, 6.45) is 0.350. The van der Waals surface area contributed by atoms with Crippen LogP contribution in [-0.2, 0) is 0 Å². The Morgan fingerprint density at radius 2 is 2.12 bits per heavy atom. The summed E-state index contributed by atoms with van der Waals surface area (Å²) in [4.78, 5) is 11.9. The maximum Gasteiger partial charge on any atom is 0.167 e. The van der Waals surface area contributed by atoms with Gasteiger partial charge < -0.3 is 4.74 Å². The predicted octanol–water partition coefficient (Wildman–Crippen LogP) is 3.84. The van der Waals surface area contributed by atoms with E-state index in [1.54, 1.807) is 0 Å². The van der Waals surface area contributed by atoms with Gasteiger partial charge in [-0.3, -0.25) is 4.79 Å². The molecule has 0 N–H and O–H groups in total. The van der Waals surface area contributed by atoms with Gasteiger partial charge in [0, 0.05) is 12.3 Å². The number of ketones is 1. The summed E-state index contributed by atoms with van der Waals surface area (Å²) in [6.45, 7) is 6.73. The summed E-state index contributed by atoms with van der Waals surface area (Å²) < 4.78 is 5.66. The molecule has 0 aliphatic carbocycles. The molecule has 0 spiro atoms. The van der Waals surface area contributed by atoms with Crippen LogP contribution in [0.1, 0.15) is 36.2 Å². The zero-order valence-corrected chi connectivity index (χ0v) is 11.4. The average Bonchev–Trinajstić information content (AvgIpc) is 2.27. The molecular weight excluding hydrogens is 236 g/mol. The molecule has 0 bridgehead atoms. The lowest BCUT2D eigenvalue weighted by Gasteiger charge is -2.13. The number of hydrogen-bond acceptors (Lipinski definition) is 2. The number of halogens is 1. The van der Waals surface area contributed by atoms with Gasteiger partial charge in [0.1, 0.15) is 5.75 Å². The molecule has 0 aromatic heterocycles. The summed E-state index contributed by atoms with van der Waals surface area (Å²) in [5.41, 5.74) is 1.70. The molecule has 3 heteroatoms. The Morgan fingerprint density at radius 3 is 2.71 bits per heavy atom. The second kappa shape index (κ2) is 6.65. The van der Waals surface area contributed by atoms with E-state index in [-0.39, 0.29) is 5.78 Å². The van der Waals surface area contributed by atoms with Crippen LogP contribution in [-0.4, -0.2) is 18.3 Å². The highest BCUT2D eigenvalue weighted by Crippen LogP contribution is 2.22. The third kappa shape index (κ3) is 4.39. The minimum atomic E-state index is 0.0439. The second-order valence-corrected chi connectivity index (χ2v) is 4.94. The van der Waals surface area contributed by atoms with Gasteiger partial charge in [-0.1, -0.05) is 25.5 Å². The van der Waals surface area contributed by atoms with Crippen LogP contribution >= 0.6 is 11.6 Å². The number of alkyl halides is 1. The molecule has 1 rings (SSSR count). The molecule has 0 saturated carbocycles. The molecule has 1 aromatic carbocycles. The largest absolute Gasteiger partial charge is 0.493 e. The zero-order valence-electron chi connectivity index (χ0n) is 10.6. The first-order valence-electron chi connectivity index (χ1n) is 5.87. The van der Waals surface area contributed by atoms with Crippen molar-refractivity contribution in [3.05, 3.63) is 29.3 Å². The van der Waals surface area contributed by atoms with E-state index in [4.69, 9.17) is 16.3 Å². The quantitative estimate of drug-likeness (QED) is 0.570. The third-order valence-corrected chi connectivity index (χ3v) is 2.52. The van der Waals surface area contributed by atoms with Crippen molar-refractivity contribution < 1.29 is 9.53 Å². The van der Waals surface area contributed by atoms with Crippen LogP contribution in [0.15, 0.2) is 18.2 Å². The van der Waals surface area contributed by atoms with E-state index < -0.39 is 0 Å². The summed E-state index contributed by atoms with van der Waals surface area (Å²) in [5, 5.41) is 0. The van der Waals surface area contributed by atoms with Crippen LogP contribution in [0, 0.1) is 12.8 Å². The van der Waals surface area contributed by atoms with Gasteiger partial charge in [0.05, 0.1) is 12.2 Å². The van der Waals surface area contributed by atoms with Gasteiger partial charge in [-0.25, -0.2) is 0 Å². The van der Waals surface area contributed by atoms with Crippen LogP contribution in [0.5, 0.6) is 5.75 Å². The van der Waals surface area contributed by atoms with Gasteiger partial charge >= 0.3 is 0 Å². The first-order valence-corrected chi connectivity index (χ1v) is 6.40. The molecule has 0 fully saturated rings. The molecule has 0 aliphatic rings. The van der Waals surface area contributed by atoms with Crippen molar-refractivity contribution >= 4 is 17.4 Å². The molecule has 17 heavy (non-hydrogen) atoms. The molecule has 0 unspecified atom stereocenters. The molecule has 0 radical (unpaired) electrons. The third-order valence-electron chi connectivity index (χ3n) is 2.33. The Bertz CT molecular complexity index is 386. The number of carbonyl (C=O) groups is 1. The van der Waals surface area contributed by atoms with Crippen molar-refractivity contribution in [1.29, 1.82) is 0 Å². The summed E-state index contributed by atoms with van der Waals surface area (Å²) in [5.74, 6) is 1.49. The number of hydrogen-bond donors (Lipinski definition) is 0. The first kappa shape index (κ1) is 14.0. The van der Waals surface area contributed by atoms with E-state index in [1.807, 2.05) is 25.1 Å². The monoisotopic (exact) mass is 254 g/mol. The van der Waals surface area contributed by atoms with Crippen molar-refractivity contribution in [2.45, 2.75) is 27.2 Å². The molecule has 0 heterocycles. The lowest BCUT2D eigenvalue weighted by molar-refractivity contribution is 0.0984. The predicted molar refractivity (Wildman–Crippen MR) is 71.2 cm³/mol. The fraction of sp³-hybridized carbons (Fsp3) is 0.500. The second-order valence-electron chi connectivity index (χ2n) is 4.57. The Labute approximate surface area is 108 Å². The van der Waals surface area contributed by atoms with E-state index in [1.165, 1.54) is 0 Å². The molecule has 94 valence electrons. The standard InChI is InChI=1S/C14H19ClO2/c1-10(2)9-17-14-5-4-11(3)8-12(14)13(16)6-7-15/h4-5,8,10H,6-7,9H2,1-3H3. The lowest BCUT2D eigenvalue weighted by atomic mass is 10.0. The lowest BCUT2D eigenvalue weighted by Crippen LogP contribution is -2.09. The average molecular weight is 255 g/mol. The smallest absolute Gasteiger partial charge is 0.167 e.